The number of aryl methyl sites for hydroxylation is 1. The third-order valence-electron chi connectivity index (χ3n) is 4.15. The van der Waals surface area contributed by atoms with Gasteiger partial charge in [-0.15, -0.1) is 0 Å². The van der Waals surface area contributed by atoms with E-state index in [0.29, 0.717) is 12.1 Å². The lowest BCUT2D eigenvalue weighted by Gasteiger charge is -2.34. The fraction of sp³-hybridized carbons (Fsp3) is 0.500. The Morgan fingerprint density at radius 3 is 2.64 bits per heavy atom. The number of hydrogen-bond acceptors (Lipinski definition) is 4. The molecule has 0 bridgehead atoms. The van der Waals surface area contributed by atoms with Crippen LogP contribution in [0.1, 0.15) is 29.8 Å². The first-order chi connectivity index (χ1) is 11.8. The second-order valence-corrected chi connectivity index (χ2v) is 6.55. The van der Waals surface area contributed by atoms with Crippen LogP contribution in [-0.2, 0) is 14.3 Å². The molecule has 1 aliphatic heterocycles. The summed E-state index contributed by atoms with van der Waals surface area (Å²) in [5, 5.41) is 11.9. The van der Waals surface area contributed by atoms with Gasteiger partial charge >= 0.3 is 5.97 Å². The SMILES string of the molecule is Cc1cccc(C(=O)N[C@H](C(=O)N2CCO[C@H](C(=O)O)C2)C(C)C)c1. The van der Waals surface area contributed by atoms with Crippen molar-refractivity contribution in [1.29, 1.82) is 0 Å². The molecule has 0 aromatic heterocycles. The van der Waals surface area contributed by atoms with Crippen molar-refractivity contribution < 1.29 is 24.2 Å². The average molecular weight is 348 g/mol. The van der Waals surface area contributed by atoms with Crippen LogP contribution in [0.3, 0.4) is 0 Å². The average Bonchev–Trinajstić information content (AvgIpc) is 2.58. The standard InChI is InChI=1S/C18H24N2O5/c1-11(2)15(19-16(21)13-6-4-5-12(3)9-13)17(22)20-7-8-25-14(10-20)18(23)24/h4-6,9,11,14-15H,7-8,10H2,1-3H3,(H,19,21)(H,23,24)/t14-,15-/m0/s1. The van der Waals surface area contributed by atoms with Gasteiger partial charge in [0.15, 0.2) is 6.10 Å². The minimum Gasteiger partial charge on any atom is -0.479 e. The molecular weight excluding hydrogens is 324 g/mol. The van der Waals surface area contributed by atoms with Crippen molar-refractivity contribution in [3.63, 3.8) is 0 Å². The van der Waals surface area contributed by atoms with Gasteiger partial charge < -0.3 is 20.1 Å². The molecule has 7 heteroatoms. The molecular formula is C18H24N2O5. The van der Waals surface area contributed by atoms with Crippen LogP contribution in [0.4, 0.5) is 0 Å². The smallest absolute Gasteiger partial charge is 0.334 e. The second kappa shape index (κ2) is 8.11. The Morgan fingerprint density at radius 1 is 1.32 bits per heavy atom. The molecule has 2 atom stereocenters. The van der Waals surface area contributed by atoms with Crippen LogP contribution < -0.4 is 5.32 Å². The van der Waals surface area contributed by atoms with E-state index < -0.39 is 18.1 Å². The monoisotopic (exact) mass is 348 g/mol. The maximum absolute atomic E-state index is 12.8. The van der Waals surface area contributed by atoms with Crippen LogP contribution in [-0.4, -0.2) is 59.6 Å². The molecule has 1 aromatic rings. The summed E-state index contributed by atoms with van der Waals surface area (Å²) in [4.78, 5) is 37.8. The lowest BCUT2D eigenvalue weighted by molar-refractivity contribution is -0.160. The number of amides is 2. The third kappa shape index (κ3) is 4.79. The molecule has 0 radical (unpaired) electrons. The molecule has 2 amide bonds. The van der Waals surface area contributed by atoms with E-state index in [1.807, 2.05) is 26.8 Å². The van der Waals surface area contributed by atoms with Gasteiger partial charge in [-0.05, 0) is 25.0 Å². The Bertz CT molecular complexity index is 659. The Labute approximate surface area is 147 Å². The van der Waals surface area contributed by atoms with Gasteiger partial charge in [-0.25, -0.2) is 4.79 Å². The summed E-state index contributed by atoms with van der Waals surface area (Å²) < 4.78 is 5.14. The molecule has 136 valence electrons. The van der Waals surface area contributed by atoms with Gasteiger partial charge in [-0.3, -0.25) is 9.59 Å². The first-order valence-electron chi connectivity index (χ1n) is 8.30. The fourth-order valence-electron chi connectivity index (χ4n) is 2.72. The minimum atomic E-state index is -1.10. The first kappa shape index (κ1) is 18.9. The number of carboxylic acid groups (broad SMARTS) is 1. The molecule has 0 aliphatic carbocycles. The molecule has 7 nitrogen and oxygen atoms in total. The van der Waals surface area contributed by atoms with Gasteiger partial charge in [0, 0.05) is 12.1 Å². The first-order valence-corrected chi connectivity index (χ1v) is 8.30. The van der Waals surface area contributed by atoms with Crippen molar-refractivity contribution in [3.8, 4) is 0 Å². The molecule has 2 rings (SSSR count). The quantitative estimate of drug-likeness (QED) is 0.829. The maximum atomic E-state index is 12.8. The molecule has 0 saturated carbocycles. The van der Waals surface area contributed by atoms with Crippen LogP contribution in [0.5, 0.6) is 0 Å². The summed E-state index contributed by atoms with van der Waals surface area (Å²) >= 11 is 0. The highest BCUT2D eigenvalue weighted by Gasteiger charge is 2.34. The summed E-state index contributed by atoms with van der Waals surface area (Å²) in [6, 6.07) is 6.41. The minimum absolute atomic E-state index is 0.0162. The van der Waals surface area contributed by atoms with Crippen molar-refractivity contribution in [2.75, 3.05) is 19.7 Å². The van der Waals surface area contributed by atoms with E-state index in [0.717, 1.165) is 5.56 Å². The van der Waals surface area contributed by atoms with Gasteiger partial charge in [0.1, 0.15) is 6.04 Å². The highest BCUT2D eigenvalue weighted by molar-refractivity contribution is 5.97. The number of carboxylic acids is 1. The molecule has 1 saturated heterocycles. The van der Waals surface area contributed by atoms with Crippen molar-refractivity contribution in [3.05, 3.63) is 35.4 Å². The predicted octanol–water partition coefficient (Wildman–Crippen LogP) is 1.06. The largest absolute Gasteiger partial charge is 0.479 e. The Kier molecular flexibility index (Phi) is 6.14. The fourth-order valence-corrected chi connectivity index (χ4v) is 2.72. The van der Waals surface area contributed by atoms with Crippen LogP contribution in [0, 0.1) is 12.8 Å². The second-order valence-electron chi connectivity index (χ2n) is 6.55. The zero-order valence-electron chi connectivity index (χ0n) is 14.7. The molecule has 1 aromatic carbocycles. The van der Waals surface area contributed by atoms with Gasteiger partial charge in [0.2, 0.25) is 5.91 Å². The zero-order chi connectivity index (χ0) is 18.6. The lowest BCUT2D eigenvalue weighted by Crippen LogP contribution is -2.56. The third-order valence-corrected chi connectivity index (χ3v) is 4.15. The topological polar surface area (TPSA) is 95.9 Å². The molecule has 0 unspecified atom stereocenters. The van der Waals surface area contributed by atoms with Crippen LogP contribution in [0.2, 0.25) is 0 Å². The highest BCUT2D eigenvalue weighted by atomic mass is 16.5. The van der Waals surface area contributed by atoms with E-state index >= 15 is 0 Å². The number of carbonyl (C=O) groups is 3. The summed E-state index contributed by atoms with van der Waals surface area (Å²) in [5.74, 6) is -1.83. The zero-order valence-corrected chi connectivity index (χ0v) is 14.7. The van der Waals surface area contributed by atoms with E-state index in [2.05, 4.69) is 5.32 Å². The van der Waals surface area contributed by atoms with E-state index in [-0.39, 0.29) is 30.9 Å². The maximum Gasteiger partial charge on any atom is 0.334 e. The van der Waals surface area contributed by atoms with Crippen molar-refractivity contribution >= 4 is 17.8 Å². The van der Waals surface area contributed by atoms with Crippen molar-refractivity contribution in [1.82, 2.24) is 10.2 Å². The van der Waals surface area contributed by atoms with Crippen molar-refractivity contribution in [2.24, 2.45) is 5.92 Å². The number of rotatable bonds is 5. The van der Waals surface area contributed by atoms with E-state index in [1.54, 1.807) is 18.2 Å². The van der Waals surface area contributed by atoms with Gasteiger partial charge in [0.05, 0.1) is 13.2 Å². The van der Waals surface area contributed by atoms with Crippen LogP contribution >= 0.6 is 0 Å². The molecule has 0 spiro atoms. The summed E-state index contributed by atoms with van der Waals surface area (Å²) in [6.45, 7) is 6.03. The lowest BCUT2D eigenvalue weighted by atomic mass is 10.0. The number of morpholine rings is 1. The highest BCUT2D eigenvalue weighted by Crippen LogP contribution is 2.13. The van der Waals surface area contributed by atoms with Gasteiger partial charge in [-0.1, -0.05) is 31.5 Å². The number of carbonyl (C=O) groups excluding carboxylic acids is 2. The van der Waals surface area contributed by atoms with Gasteiger partial charge in [0.25, 0.3) is 5.91 Å². The van der Waals surface area contributed by atoms with Crippen LogP contribution in [0.15, 0.2) is 24.3 Å². The molecule has 2 N–H and O–H groups in total. The van der Waals surface area contributed by atoms with E-state index in [9.17, 15) is 14.4 Å². The Balaban J connectivity index is 2.10. The molecule has 1 aliphatic rings. The molecule has 25 heavy (non-hydrogen) atoms. The number of hydrogen-bond donors (Lipinski definition) is 2. The number of benzene rings is 1. The normalized spacial score (nSPS) is 18.7. The van der Waals surface area contributed by atoms with Crippen LogP contribution in [0.25, 0.3) is 0 Å². The van der Waals surface area contributed by atoms with Crippen molar-refractivity contribution in [2.45, 2.75) is 32.9 Å². The number of nitrogens with one attached hydrogen (secondary N) is 1. The van der Waals surface area contributed by atoms with E-state index in [1.165, 1.54) is 4.90 Å². The Hall–Kier alpha value is -2.41. The Morgan fingerprint density at radius 2 is 2.04 bits per heavy atom. The van der Waals surface area contributed by atoms with Gasteiger partial charge in [-0.2, -0.15) is 0 Å². The number of aliphatic carboxylic acids is 1. The predicted molar refractivity (Wildman–Crippen MR) is 91.2 cm³/mol. The summed E-state index contributed by atoms with van der Waals surface area (Å²) in [7, 11) is 0. The van der Waals surface area contributed by atoms with E-state index in [4.69, 9.17) is 9.84 Å². The number of nitrogens with zero attached hydrogens (tertiary/aromatic N) is 1. The summed E-state index contributed by atoms with van der Waals surface area (Å²) in [6.07, 6.45) is -1.03. The molecule has 1 heterocycles. The number of ether oxygens (including phenoxy) is 1. The molecule has 1 fully saturated rings. The summed E-state index contributed by atoms with van der Waals surface area (Å²) in [5.41, 5.74) is 1.45.